The number of esters is 1. The van der Waals surface area contributed by atoms with Gasteiger partial charge in [0.25, 0.3) is 5.56 Å². The number of nitriles is 1. The number of aromatic amines is 1. The van der Waals surface area contributed by atoms with Crippen LogP contribution in [0.25, 0.3) is 11.3 Å². The molecule has 0 amide bonds. The number of carbonyl (C=O) groups excluding carboxylic acids is 1. The van der Waals surface area contributed by atoms with Crippen molar-refractivity contribution in [1.82, 2.24) is 9.97 Å². The van der Waals surface area contributed by atoms with Gasteiger partial charge in [0, 0.05) is 10.6 Å². The van der Waals surface area contributed by atoms with Crippen LogP contribution in [0, 0.1) is 11.3 Å². The van der Waals surface area contributed by atoms with Gasteiger partial charge in [-0.3, -0.25) is 4.79 Å². The first-order valence-electron chi connectivity index (χ1n) is 7.79. The maximum atomic E-state index is 12.4. The average molecular weight is 432 g/mol. The number of thioether (sulfide) groups is 1. The largest absolute Gasteiger partial charge is 0.423 e. The van der Waals surface area contributed by atoms with Crippen molar-refractivity contribution < 1.29 is 9.53 Å². The van der Waals surface area contributed by atoms with Crippen LogP contribution in [0.5, 0.6) is 5.75 Å². The predicted molar refractivity (Wildman–Crippen MR) is 108 cm³/mol. The van der Waals surface area contributed by atoms with Crippen molar-refractivity contribution in [3.63, 3.8) is 0 Å². The summed E-state index contributed by atoms with van der Waals surface area (Å²) >= 11 is 13.1. The number of H-pyrrole nitrogens is 1. The Morgan fingerprint density at radius 3 is 2.71 bits per heavy atom. The molecule has 1 N–H and O–H groups in total. The van der Waals surface area contributed by atoms with Crippen molar-refractivity contribution in [3.8, 4) is 23.1 Å². The highest BCUT2D eigenvalue weighted by Gasteiger charge is 2.16. The standard InChI is InChI=1S/C19H11Cl2N3O3S/c1-28-19-23-16(14(9-22)17(25)24-19)10-3-2-4-12(7-10)27-18(26)13-6-5-11(20)8-15(13)21/h2-8H,1H3,(H,23,24,25). The Kier molecular flexibility index (Phi) is 6.05. The third-order valence-electron chi connectivity index (χ3n) is 3.67. The normalized spacial score (nSPS) is 10.4. The van der Waals surface area contributed by atoms with E-state index in [1.165, 1.54) is 36.0 Å². The molecule has 0 aliphatic carbocycles. The smallest absolute Gasteiger partial charge is 0.345 e. The molecule has 2 aromatic carbocycles. The summed E-state index contributed by atoms with van der Waals surface area (Å²) in [7, 11) is 0. The molecule has 28 heavy (non-hydrogen) atoms. The van der Waals surface area contributed by atoms with Crippen LogP contribution in [-0.4, -0.2) is 22.2 Å². The zero-order valence-electron chi connectivity index (χ0n) is 14.3. The summed E-state index contributed by atoms with van der Waals surface area (Å²) in [6.07, 6.45) is 1.75. The number of aromatic nitrogens is 2. The van der Waals surface area contributed by atoms with Crippen molar-refractivity contribution in [2.24, 2.45) is 0 Å². The van der Waals surface area contributed by atoms with Crippen molar-refractivity contribution in [2.75, 3.05) is 6.26 Å². The number of nitrogens with one attached hydrogen (secondary N) is 1. The van der Waals surface area contributed by atoms with E-state index in [-0.39, 0.29) is 27.6 Å². The van der Waals surface area contributed by atoms with Gasteiger partial charge >= 0.3 is 5.97 Å². The lowest BCUT2D eigenvalue weighted by Gasteiger charge is -2.09. The summed E-state index contributed by atoms with van der Waals surface area (Å²) in [5, 5.41) is 10.3. The van der Waals surface area contributed by atoms with Gasteiger partial charge in [-0.05, 0) is 36.6 Å². The molecule has 0 aliphatic heterocycles. The third kappa shape index (κ3) is 4.20. The monoisotopic (exact) mass is 431 g/mol. The molecule has 0 spiro atoms. The quantitative estimate of drug-likeness (QED) is 0.281. The minimum atomic E-state index is -0.664. The van der Waals surface area contributed by atoms with E-state index in [4.69, 9.17) is 27.9 Å². The lowest BCUT2D eigenvalue weighted by molar-refractivity contribution is 0.0735. The van der Waals surface area contributed by atoms with Gasteiger partial charge in [0.2, 0.25) is 0 Å². The second-order valence-corrected chi connectivity index (χ2v) is 7.09. The van der Waals surface area contributed by atoms with E-state index in [1.54, 1.807) is 24.5 Å². The fourth-order valence-corrected chi connectivity index (χ4v) is 3.25. The summed E-state index contributed by atoms with van der Waals surface area (Å²) in [4.78, 5) is 31.3. The highest BCUT2D eigenvalue weighted by atomic mass is 35.5. The number of ether oxygens (including phenoxy) is 1. The first-order chi connectivity index (χ1) is 13.4. The number of halogens is 2. The molecular formula is C19H11Cl2N3O3S. The van der Waals surface area contributed by atoms with Gasteiger partial charge in [-0.15, -0.1) is 0 Å². The van der Waals surface area contributed by atoms with E-state index in [1.807, 2.05) is 6.07 Å². The van der Waals surface area contributed by atoms with Crippen LogP contribution in [0.1, 0.15) is 15.9 Å². The van der Waals surface area contributed by atoms with Crippen LogP contribution >= 0.6 is 35.0 Å². The van der Waals surface area contributed by atoms with Crippen LogP contribution < -0.4 is 10.3 Å². The first-order valence-corrected chi connectivity index (χ1v) is 9.77. The fraction of sp³-hybridized carbons (Fsp3) is 0.0526. The summed E-state index contributed by atoms with van der Waals surface area (Å²) in [6.45, 7) is 0. The van der Waals surface area contributed by atoms with Crippen LogP contribution in [-0.2, 0) is 0 Å². The van der Waals surface area contributed by atoms with Crippen molar-refractivity contribution >= 4 is 40.9 Å². The maximum absolute atomic E-state index is 12.4. The zero-order chi connectivity index (χ0) is 20.3. The molecule has 0 fully saturated rings. The van der Waals surface area contributed by atoms with Gasteiger partial charge in [0.05, 0.1) is 16.3 Å². The molecular weight excluding hydrogens is 421 g/mol. The van der Waals surface area contributed by atoms with Gasteiger partial charge in [-0.1, -0.05) is 47.1 Å². The second-order valence-electron chi connectivity index (χ2n) is 5.45. The molecule has 0 bridgehead atoms. The minimum Gasteiger partial charge on any atom is -0.423 e. The number of benzene rings is 2. The van der Waals surface area contributed by atoms with E-state index in [0.29, 0.717) is 15.7 Å². The van der Waals surface area contributed by atoms with E-state index < -0.39 is 11.5 Å². The number of carbonyl (C=O) groups is 1. The minimum absolute atomic E-state index is 0.123. The Hall–Kier alpha value is -2.79. The van der Waals surface area contributed by atoms with Crippen LogP contribution in [0.2, 0.25) is 10.0 Å². The number of hydrogen-bond acceptors (Lipinski definition) is 6. The SMILES string of the molecule is CSc1nc(-c2cccc(OC(=O)c3ccc(Cl)cc3Cl)c2)c(C#N)c(=O)[nH]1. The van der Waals surface area contributed by atoms with E-state index >= 15 is 0 Å². The Labute approximate surface area is 174 Å². The van der Waals surface area contributed by atoms with Gasteiger partial charge in [0.1, 0.15) is 17.4 Å². The van der Waals surface area contributed by atoms with E-state index in [2.05, 4.69) is 9.97 Å². The van der Waals surface area contributed by atoms with Crippen LogP contribution in [0.3, 0.4) is 0 Å². The van der Waals surface area contributed by atoms with Gasteiger partial charge in [-0.2, -0.15) is 5.26 Å². The highest BCUT2D eigenvalue weighted by molar-refractivity contribution is 7.98. The third-order valence-corrected chi connectivity index (χ3v) is 4.80. The average Bonchev–Trinajstić information content (AvgIpc) is 2.67. The Balaban J connectivity index is 1.98. The molecule has 9 heteroatoms. The lowest BCUT2D eigenvalue weighted by atomic mass is 10.1. The molecule has 3 rings (SSSR count). The number of hydrogen-bond donors (Lipinski definition) is 1. The molecule has 1 aromatic heterocycles. The fourth-order valence-electron chi connectivity index (χ4n) is 2.39. The Bertz CT molecular complexity index is 1170. The summed E-state index contributed by atoms with van der Waals surface area (Å²) in [6, 6.07) is 12.7. The second kappa shape index (κ2) is 8.48. The highest BCUT2D eigenvalue weighted by Crippen LogP contribution is 2.27. The summed E-state index contributed by atoms with van der Waals surface area (Å²) < 4.78 is 5.38. The Morgan fingerprint density at radius 2 is 2.04 bits per heavy atom. The molecule has 0 radical (unpaired) electrons. The van der Waals surface area contributed by atoms with Crippen LogP contribution in [0.4, 0.5) is 0 Å². The topological polar surface area (TPSA) is 95.8 Å². The van der Waals surface area contributed by atoms with E-state index in [9.17, 15) is 14.9 Å². The lowest BCUT2D eigenvalue weighted by Crippen LogP contribution is -2.14. The molecule has 140 valence electrons. The molecule has 6 nitrogen and oxygen atoms in total. The molecule has 0 unspecified atom stereocenters. The molecule has 0 aliphatic rings. The molecule has 0 saturated heterocycles. The maximum Gasteiger partial charge on any atom is 0.345 e. The predicted octanol–water partition coefficient (Wildman–Crippen LogP) is 4.56. The van der Waals surface area contributed by atoms with Crippen molar-refractivity contribution in [1.29, 1.82) is 5.26 Å². The van der Waals surface area contributed by atoms with E-state index in [0.717, 1.165) is 0 Å². The first kappa shape index (κ1) is 20.0. The molecule has 0 saturated carbocycles. The zero-order valence-corrected chi connectivity index (χ0v) is 16.7. The van der Waals surface area contributed by atoms with Crippen LogP contribution in [0.15, 0.2) is 52.4 Å². The molecule has 0 atom stereocenters. The number of nitrogens with zero attached hydrogens (tertiary/aromatic N) is 2. The van der Waals surface area contributed by atoms with Gasteiger partial charge < -0.3 is 9.72 Å². The summed E-state index contributed by atoms with van der Waals surface area (Å²) in [5.74, 6) is -0.451. The Morgan fingerprint density at radius 1 is 1.25 bits per heavy atom. The molecule has 3 aromatic rings. The van der Waals surface area contributed by atoms with Gasteiger partial charge in [-0.25, -0.2) is 9.78 Å². The van der Waals surface area contributed by atoms with Crippen molar-refractivity contribution in [3.05, 3.63) is 74.0 Å². The van der Waals surface area contributed by atoms with Crippen molar-refractivity contribution in [2.45, 2.75) is 5.16 Å². The molecule has 1 heterocycles. The van der Waals surface area contributed by atoms with Gasteiger partial charge in [0.15, 0.2) is 5.16 Å². The number of rotatable bonds is 4. The summed E-state index contributed by atoms with van der Waals surface area (Å²) in [5.41, 5.74) is 0.172.